The number of carboxylic acids is 1. The Morgan fingerprint density at radius 3 is 2.45 bits per heavy atom. The predicted octanol–water partition coefficient (Wildman–Crippen LogP) is 1.86. The first-order valence-corrected chi connectivity index (χ1v) is 9.54. The molecule has 1 aromatic heterocycles. The number of carbonyl (C=O) groups excluding carboxylic acids is 1. The third kappa shape index (κ3) is 6.06. The molecule has 0 aliphatic rings. The normalized spacial score (nSPS) is 10.5. The molecule has 3 aromatic rings. The van der Waals surface area contributed by atoms with E-state index in [0.717, 1.165) is 28.9 Å². The topological polar surface area (TPSA) is 62.2 Å². The standard InChI is InChI=1S/C23H22ClNO3.Na/c1-15(2)12-13-28-22-11-10-16(24)14-19(22)17-6-3-4-7-18(17)20-8-5-9-21(25-20)23(26)27;/h3-11,14-15H,12-13H2,1-2H3,(H,26,27);/q;+1/p-1. The predicted molar refractivity (Wildman–Crippen MR) is 109 cm³/mol. The second-order valence-corrected chi connectivity index (χ2v) is 7.35. The number of carboxylic acid groups (broad SMARTS) is 1. The molecule has 3 rings (SSSR count). The van der Waals surface area contributed by atoms with E-state index in [1.165, 1.54) is 6.07 Å². The van der Waals surface area contributed by atoms with Gasteiger partial charge < -0.3 is 14.6 Å². The molecule has 2 aromatic carbocycles. The first-order chi connectivity index (χ1) is 13.5. The van der Waals surface area contributed by atoms with Crippen molar-refractivity contribution in [1.82, 2.24) is 4.98 Å². The second kappa shape index (κ2) is 10.8. The molecule has 0 atom stereocenters. The van der Waals surface area contributed by atoms with Crippen LogP contribution in [0.2, 0.25) is 5.02 Å². The summed E-state index contributed by atoms with van der Waals surface area (Å²) in [5, 5.41) is 11.8. The van der Waals surface area contributed by atoms with Crippen LogP contribution in [0.5, 0.6) is 5.75 Å². The Kier molecular flexibility index (Phi) is 8.72. The van der Waals surface area contributed by atoms with E-state index in [9.17, 15) is 9.90 Å². The SMILES string of the molecule is CC(C)CCOc1ccc(Cl)cc1-c1ccccc1-c1cccc(C(=O)[O-])n1.[Na+]. The molecule has 0 amide bonds. The number of benzene rings is 2. The monoisotopic (exact) mass is 417 g/mol. The summed E-state index contributed by atoms with van der Waals surface area (Å²) in [6.45, 7) is 4.90. The van der Waals surface area contributed by atoms with E-state index >= 15 is 0 Å². The Bertz CT molecular complexity index is 991. The fraction of sp³-hybridized carbons (Fsp3) is 0.217. The van der Waals surface area contributed by atoms with Crippen molar-refractivity contribution in [1.29, 1.82) is 0 Å². The van der Waals surface area contributed by atoms with E-state index in [2.05, 4.69) is 18.8 Å². The van der Waals surface area contributed by atoms with Gasteiger partial charge in [0.1, 0.15) is 5.75 Å². The van der Waals surface area contributed by atoms with Crippen LogP contribution in [0.1, 0.15) is 30.8 Å². The van der Waals surface area contributed by atoms with E-state index in [1.54, 1.807) is 18.2 Å². The molecule has 0 aliphatic carbocycles. The third-order valence-electron chi connectivity index (χ3n) is 4.35. The van der Waals surface area contributed by atoms with Crippen LogP contribution in [0.3, 0.4) is 0 Å². The quantitative estimate of drug-likeness (QED) is 0.550. The van der Waals surface area contributed by atoms with Gasteiger partial charge in [-0.3, -0.25) is 0 Å². The minimum Gasteiger partial charge on any atom is -0.543 e. The summed E-state index contributed by atoms with van der Waals surface area (Å²) in [5.41, 5.74) is 2.94. The molecular formula is C23H21ClNNaO3. The number of halogens is 1. The minimum atomic E-state index is -1.31. The van der Waals surface area contributed by atoms with E-state index in [0.29, 0.717) is 23.2 Å². The van der Waals surface area contributed by atoms with Gasteiger partial charge in [-0.05, 0) is 48.2 Å². The molecule has 144 valence electrons. The molecule has 0 fully saturated rings. The summed E-state index contributed by atoms with van der Waals surface area (Å²) >= 11 is 6.26. The molecule has 0 saturated heterocycles. The minimum absolute atomic E-state index is 0. The van der Waals surface area contributed by atoms with Crippen LogP contribution in [0.15, 0.2) is 60.7 Å². The number of hydrogen-bond donors (Lipinski definition) is 0. The van der Waals surface area contributed by atoms with Crippen molar-refractivity contribution < 1.29 is 44.2 Å². The van der Waals surface area contributed by atoms with Crippen LogP contribution in [-0.4, -0.2) is 17.6 Å². The van der Waals surface area contributed by atoms with Crippen LogP contribution in [0.4, 0.5) is 0 Å². The van der Waals surface area contributed by atoms with Crippen molar-refractivity contribution in [2.45, 2.75) is 20.3 Å². The van der Waals surface area contributed by atoms with Crippen molar-refractivity contribution in [3.63, 3.8) is 0 Å². The maximum Gasteiger partial charge on any atom is 1.00 e. The summed E-state index contributed by atoms with van der Waals surface area (Å²) in [5.74, 6) is -0.0343. The zero-order valence-corrected chi connectivity index (χ0v) is 19.6. The van der Waals surface area contributed by atoms with E-state index in [4.69, 9.17) is 16.3 Å². The molecule has 6 heteroatoms. The van der Waals surface area contributed by atoms with Gasteiger partial charge in [-0.25, -0.2) is 4.98 Å². The Morgan fingerprint density at radius 2 is 1.76 bits per heavy atom. The number of nitrogens with zero attached hydrogens (tertiary/aromatic N) is 1. The number of aromatic nitrogens is 1. The molecule has 0 spiro atoms. The van der Waals surface area contributed by atoms with Crippen molar-refractivity contribution in [3.05, 3.63) is 71.4 Å². The second-order valence-electron chi connectivity index (χ2n) is 6.91. The fourth-order valence-corrected chi connectivity index (χ4v) is 3.05. The molecule has 0 saturated carbocycles. The van der Waals surface area contributed by atoms with Gasteiger partial charge in [-0.1, -0.05) is 55.8 Å². The number of ether oxygens (including phenoxy) is 1. The molecule has 29 heavy (non-hydrogen) atoms. The number of aromatic carboxylic acids is 1. The number of rotatable bonds is 7. The fourth-order valence-electron chi connectivity index (χ4n) is 2.88. The van der Waals surface area contributed by atoms with Crippen molar-refractivity contribution in [2.75, 3.05) is 6.61 Å². The number of hydrogen-bond acceptors (Lipinski definition) is 4. The van der Waals surface area contributed by atoms with Crippen LogP contribution in [-0.2, 0) is 0 Å². The maximum atomic E-state index is 11.2. The van der Waals surface area contributed by atoms with Crippen LogP contribution in [0, 0.1) is 5.92 Å². The molecule has 0 radical (unpaired) electrons. The Balaban J connectivity index is 0.00000300. The Hall–Kier alpha value is -1.85. The van der Waals surface area contributed by atoms with Crippen LogP contribution in [0.25, 0.3) is 22.4 Å². The first kappa shape index (κ1) is 23.4. The summed E-state index contributed by atoms with van der Waals surface area (Å²) in [6.07, 6.45) is 0.943. The summed E-state index contributed by atoms with van der Waals surface area (Å²) in [4.78, 5) is 15.4. The van der Waals surface area contributed by atoms with Crippen molar-refractivity contribution >= 4 is 17.6 Å². The Labute approximate surface area is 198 Å². The molecule has 1 heterocycles. The van der Waals surface area contributed by atoms with Crippen LogP contribution >= 0.6 is 11.6 Å². The molecule has 0 unspecified atom stereocenters. The van der Waals surface area contributed by atoms with Gasteiger partial charge in [-0.15, -0.1) is 0 Å². The van der Waals surface area contributed by atoms with E-state index in [-0.39, 0.29) is 35.3 Å². The van der Waals surface area contributed by atoms with Crippen molar-refractivity contribution in [3.8, 4) is 28.1 Å². The third-order valence-corrected chi connectivity index (χ3v) is 4.58. The Morgan fingerprint density at radius 1 is 1.03 bits per heavy atom. The summed E-state index contributed by atoms with van der Waals surface area (Å²) < 4.78 is 6.03. The smallest absolute Gasteiger partial charge is 0.543 e. The molecule has 0 bridgehead atoms. The average molecular weight is 418 g/mol. The van der Waals surface area contributed by atoms with E-state index < -0.39 is 5.97 Å². The number of pyridine rings is 1. The summed E-state index contributed by atoms with van der Waals surface area (Å²) in [6, 6.07) is 18.0. The van der Waals surface area contributed by atoms with Gasteiger partial charge in [0.25, 0.3) is 0 Å². The van der Waals surface area contributed by atoms with Gasteiger partial charge in [0.05, 0.1) is 24.0 Å². The first-order valence-electron chi connectivity index (χ1n) is 9.16. The molecule has 4 nitrogen and oxygen atoms in total. The maximum absolute atomic E-state index is 11.2. The number of carbonyl (C=O) groups is 1. The van der Waals surface area contributed by atoms with Gasteiger partial charge >= 0.3 is 29.6 Å². The molecule has 0 N–H and O–H groups in total. The average Bonchev–Trinajstić information content (AvgIpc) is 2.69. The van der Waals surface area contributed by atoms with Crippen molar-refractivity contribution in [2.24, 2.45) is 5.92 Å². The zero-order valence-electron chi connectivity index (χ0n) is 16.8. The zero-order chi connectivity index (χ0) is 20.1. The van der Waals surface area contributed by atoms with Gasteiger partial charge in [0, 0.05) is 16.1 Å². The van der Waals surface area contributed by atoms with Gasteiger partial charge in [0.2, 0.25) is 0 Å². The molecular weight excluding hydrogens is 397 g/mol. The van der Waals surface area contributed by atoms with Gasteiger partial charge in [0.15, 0.2) is 0 Å². The van der Waals surface area contributed by atoms with Gasteiger partial charge in [-0.2, -0.15) is 0 Å². The van der Waals surface area contributed by atoms with Crippen LogP contribution < -0.4 is 39.4 Å². The van der Waals surface area contributed by atoms with E-state index in [1.807, 2.05) is 36.4 Å². The largest absolute Gasteiger partial charge is 1.00 e. The summed E-state index contributed by atoms with van der Waals surface area (Å²) in [7, 11) is 0. The molecule has 0 aliphatic heterocycles.